The first-order valence-corrected chi connectivity index (χ1v) is 11.9. The van der Waals surface area contributed by atoms with E-state index in [1.807, 2.05) is 6.20 Å². The van der Waals surface area contributed by atoms with Crippen LogP contribution in [0, 0.1) is 6.92 Å². The molecule has 1 nitrogen and oxygen atoms in total. The molecule has 4 aromatic rings. The van der Waals surface area contributed by atoms with Gasteiger partial charge in [0.25, 0.3) is 0 Å². The number of fused-ring (bicyclic) bond motifs is 3. The van der Waals surface area contributed by atoms with E-state index in [2.05, 4.69) is 99.6 Å². The van der Waals surface area contributed by atoms with Crippen molar-refractivity contribution in [2.75, 3.05) is 0 Å². The number of aryl methyl sites for hydroxylation is 1. The fraction of sp³-hybridized carbons (Fsp3) is 0.258. The normalized spacial score (nSPS) is 13.6. The topological polar surface area (TPSA) is 12.9 Å². The Balaban J connectivity index is 1.67. The maximum absolute atomic E-state index is 4.85. The summed E-state index contributed by atoms with van der Waals surface area (Å²) < 4.78 is 0. The van der Waals surface area contributed by atoms with Crippen LogP contribution in [0.3, 0.4) is 0 Å². The molecule has 0 atom stereocenters. The zero-order chi connectivity index (χ0) is 22.1. The third-order valence-corrected chi connectivity index (χ3v) is 7.11. The van der Waals surface area contributed by atoms with E-state index in [0.29, 0.717) is 0 Å². The smallest absolute Gasteiger partial charge is 0.0708 e. The van der Waals surface area contributed by atoms with Crippen molar-refractivity contribution in [1.29, 1.82) is 0 Å². The molecule has 32 heavy (non-hydrogen) atoms. The van der Waals surface area contributed by atoms with Gasteiger partial charge >= 0.3 is 0 Å². The third-order valence-electron chi connectivity index (χ3n) is 7.11. The van der Waals surface area contributed by atoms with Crippen LogP contribution in [0.4, 0.5) is 0 Å². The van der Waals surface area contributed by atoms with Gasteiger partial charge in [-0.2, -0.15) is 0 Å². The minimum absolute atomic E-state index is 0.110. The summed E-state index contributed by atoms with van der Waals surface area (Å²) in [5.74, 6) is 0. The molecule has 0 radical (unpaired) electrons. The molecule has 0 aliphatic heterocycles. The Bertz CT molecular complexity index is 1250. The van der Waals surface area contributed by atoms with Crippen molar-refractivity contribution in [3.05, 3.63) is 102 Å². The van der Waals surface area contributed by atoms with E-state index in [0.717, 1.165) is 5.69 Å². The molecule has 0 unspecified atom stereocenters. The van der Waals surface area contributed by atoms with Crippen LogP contribution in [0.1, 0.15) is 56.2 Å². The van der Waals surface area contributed by atoms with Gasteiger partial charge in [0.1, 0.15) is 0 Å². The van der Waals surface area contributed by atoms with Crippen molar-refractivity contribution >= 4 is 0 Å². The monoisotopic (exact) mass is 417 g/mol. The molecule has 3 aromatic carbocycles. The highest BCUT2D eigenvalue weighted by atomic mass is 14.7. The minimum Gasteiger partial charge on any atom is -0.256 e. The molecule has 0 spiro atoms. The predicted octanol–water partition coefficient (Wildman–Crippen LogP) is 8.59. The zero-order valence-corrected chi connectivity index (χ0v) is 19.4. The highest BCUT2D eigenvalue weighted by Gasteiger charge is 2.41. The lowest BCUT2D eigenvalue weighted by molar-refractivity contribution is 0.436. The molecule has 0 bridgehead atoms. The first-order chi connectivity index (χ1) is 15.7. The summed E-state index contributed by atoms with van der Waals surface area (Å²) in [6.45, 7) is 6.77. The second-order valence-electron chi connectivity index (χ2n) is 9.14. The predicted molar refractivity (Wildman–Crippen MR) is 136 cm³/mol. The van der Waals surface area contributed by atoms with Crippen molar-refractivity contribution in [3.63, 3.8) is 0 Å². The lowest BCUT2D eigenvalue weighted by Crippen LogP contribution is -2.25. The summed E-state index contributed by atoms with van der Waals surface area (Å²) in [4.78, 5) is 4.85. The van der Waals surface area contributed by atoms with Gasteiger partial charge in [-0.3, -0.25) is 4.98 Å². The number of hydrogen-bond donors (Lipinski definition) is 0. The van der Waals surface area contributed by atoms with Crippen LogP contribution >= 0.6 is 0 Å². The Hall–Kier alpha value is -3.19. The van der Waals surface area contributed by atoms with Gasteiger partial charge < -0.3 is 0 Å². The quantitative estimate of drug-likeness (QED) is 0.306. The lowest BCUT2D eigenvalue weighted by Gasteiger charge is -2.32. The van der Waals surface area contributed by atoms with Crippen LogP contribution < -0.4 is 0 Å². The van der Waals surface area contributed by atoms with Crippen molar-refractivity contribution < 1.29 is 0 Å². The lowest BCUT2D eigenvalue weighted by atomic mass is 9.71. The highest BCUT2D eigenvalue weighted by Crippen LogP contribution is 2.54. The van der Waals surface area contributed by atoms with Gasteiger partial charge in [-0.1, -0.05) is 93.4 Å². The summed E-state index contributed by atoms with van der Waals surface area (Å²) in [7, 11) is 0. The van der Waals surface area contributed by atoms with Gasteiger partial charge in [0.05, 0.1) is 5.69 Å². The summed E-state index contributed by atoms with van der Waals surface area (Å²) in [5.41, 5.74) is 11.9. The first-order valence-electron chi connectivity index (χ1n) is 11.9. The molecule has 1 aliphatic rings. The van der Waals surface area contributed by atoms with E-state index in [1.165, 1.54) is 70.2 Å². The van der Waals surface area contributed by atoms with Crippen molar-refractivity contribution in [3.8, 4) is 33.5 Å². The van der Waals surface area contributed by atoms with E-state index >= 15 is 0 Å². The van der Waals surface area contributed by atoms with Crippen LogP contribution in [0.5, 0.6) is 0 Å². The van der Waals surface area contributed by atoms with Crippen molar-refractivity contribution in [1.82, 2.24) is 4.98 Å². The molecule has 1 heterocycles. The van der Waals surface area contributed by atoms with Crippen LogP contribution in [0.2, 0.25) is 0 Å². The standard InChI is InChI=1S/C31H31N/c1-4-17-31(18-5-2)28-14-10-9-13-25(28)26-16-15-24(19-29(26)31)30-20-27(22(3)21-32-30)23-11-7-6-8-12-23/h6-16,19-21H,4-5,17-18H2,1-3H3. The molecule has 0 fully saturated rings. The van der Waals surface area contributed by atoms with Gasteiger partial charge in [-0.25, -0.2) is 0 Å². The average molecular weight is 418 g/mol. The Morgan fingerprint density at radius 3 is 2.09 bits per heavy atom. The largest absolute Gasteiger partial charge is 0.256 e. The van der Waals surface area contributed by atoms with E-state index in [4.69, 9.17) is 4.98 Å². The summed E-state index contributed by atoms with van der Waals surface area (Å²) in [5, 5.41) is 0. The number of rotatable bonds is 6. The Morgan fingerprint density at radius 2 is 1.34 bits per heavy atom. The number of benzene rings is 3. The Labute approximate surface area is 192 Å². The summed E-state index contributed by atoms with van der Waals surface area (Å²) in [6.07, 6.45) is 6.75. The molecular weight excluding hydrogens is 386 g/mol. The fourth-order valence-corrected chi connectivity index (χ4v) is 5.74. The van der Waals surface area contributed by atoms with E-state index < -0.39 is 0 Å². The molecule has 1 aromatic heterocycles. The molecule has 0 saturated carbocycles. The maximum atomic E-state index is 4.85. The van der Waals surface area contributed by atoms with Crippen LogP contribution in [-0.2, 0) is 5.41 Å². The van der Waals surface area contributed by atoms with Gasteiger partial charge in [-0.15, -0.1) is 0 Å². The Morgan fingerprint density at radius 1 is 0.656 bits per heavy atom. The zero-order valence-electron chi connectivity index (χ0n) is 19.4. The maximum Gasteiger partial charge on any atom is 0.0708 e. The number of hydrogen-bond acceptors (Lipinski definition) is 1. The highest BCUT2D eigenvalue weighted by molar-refractivity contribution is 5.84. The molecule has 0 saturated heterocycles. The van der Waals surface area contributed by atoms with Gasteiger partial charge in [0.2, 0.25) is 0 Å². The number of nitrogens with zero attached hydrogens (tertiary/aromatic N) is 1. The van der Waals surface area contributed by atoms with Crippen molar-refractivity contribution in [2.24, 2.45) is 0 Å². The molecule has 0 amide bonds. The molecule has 0 N–H and O–H groups in total. The Kier molecular flexibility index (Phi) is 5.43. The second kappa shape index (κ2) is 8.39. The SMILES string of the molecule is CCCC1(CCC)c2ccccc2-c2ccc(-c3cc(-c4ccccc4)c(C)cn3)cc21. The molecular formula is C31H31N. The van der Waals surface area contributed by atoms with Crippen LogP contribution in [0.15, 0.2) is 85.1 Å². The second-order valence-corrected chi connectivity index (χ2v) is 9.14. The van der Waals surface area contributed by atoms with Crippen LogP contribution in [-0.4, -0.2) is 4.98 Å². The molecule has 1 heteroatoms. The molecule has 160 valence electrons. The van der Waals surface area contributed by atoms with E-state index in [1.54, 1.807) is 0 Å². The van der Waals surface area contributed by atoms with Gasteiger partial charge in [-0.05, 0) is 70.8 Å². The number of pyridine rings is 1. The van der Waals surface area contributed by atoms with E-state index in [9.17, 15) is 0 Å². The summed E-state index contributed by atoms with van der Waals surface area (Å²) in [6, 6.07) is 29.0. The average Bonchev–Trinajstić information content (AvgIpc) is 3.10. The third kappa shape index (κ3) is 3.28. The fourth-order valence-electron chi connectivity index (χ4n) is 5.74. The summed E-state index contributed by atoms with van der Waals surface area (Å²) >= 11 is 0. The molecule has 1 aliphatic carbocycles. The van der Waals surface area contributed by atoms with E-state index in [-0.39, 0.29) is 5.41 Å². The van der Waals surface area contributed by atoms with Gasteiger partial charge in [0.15, 0.2) is 0 Å². The molecule has 5 rings (SSSR count). The first kappa shape index (κ1) is 20.7. The minimum atomic E-state index is 0.110. The van der Waals surface area contributed by atoms with Crippen molar-refractivity contribution in [2.45, 2.75) is 51.9 Å². The number of aromatic nitrogens is 1. The van der Waals surface area contributed by atoms with Crippen LogP contribution in [0.25, 0.3) is 33.5 Å². The van der Waals surface area contributed by atoms with Gasteiger partial charge in [0, 0.05) is 17.2 Å².